The predicted octanol–water partition coefficient (Wildman–Crippen LogP) is 2.70. The second-order valence-corrected chi connectivity index (χ2v) is 4.79. The normalized spacial score (nSPS) is 18.2. The third-order valence-corrected chi connectivity index (χ3v) is 3.37. The molecule has 1 aliphatic heterocycles. The number of nitrogens with zero attached hydrogens (tertiary/aromatic N) is 1. The van der Waals surface area contributed by atoms with E-state index in [4.69, 9.17) is 0 Å². The van der Waals surface area contributed by atoms with Crippen molar-refractivity contribution in [1.82, 2.24) is 10.2 Å². The van der Waals surface area contributed by atoms with Gasteiger partial charge in [-0.1, -0.05) is 0 Å². The van der Waals surface area contributed by atoms with Crippen molar-refractivity contribution in [1.29, 1.82) is 0 Å². The largest absolute Gasteiger partial charge is 0.416 e. The Morgan fingerprint density at radius 1 is 1.33 bits per heavy atom. The number of nitrogens with one attached hydrogen (secondary N) is 1. The highest BCUT2D eigenvalue weighted by atomic mass is 35.5. The Bertz CT molecular complexity index is 515. The van der Waals surface area contributed by atoms with E-state index >= 15 is 0 Å². The molecule has 1 fully saturated rings. The quantitative estimate of drug-likeness (QED) is 0.848. The summed E-state index contributed by atoms with van der Waals surface area (Å²) in [5.41, 5.74) is -1.44. The van der Waals surface area contributed by atoms with Gasteiger partial charge in [0.25, 0.3) is 5.91 Å². The second kappa shape index (κ2) is 6.62. The fourth-order valence-electron chi connectivity index (χ4n) is 2.22. The fraction of sp³-hybridized carbons (Fsp3) is 0.462. The Hall–Kier alpha value is -1.34. The predicted molar refractivity (Wildman–Crippen MR) is 72.0 cm³/mol. The van der Waals surface area contributed by atoms with Gasteiger partial charge in [0, 0.05) is 25.2 Å². The minimum Gasteiger partial charge on any atom is -0.337 e. The number of likely N-dealkylation sites (N-methyl/N-ethyl adjacent to an activating group) is 1. The molecule has 1 unspecified atom stereocenters. The highest BCUT2D eigenvalue weighted by Crippen LogP contribution is 2.30. The highest BCUT2D eigenvalue weighted by molar-refractivity contribution is 5.94. The molecule has 0 saturated carbocycles. The third-order valence-electron chi connectivity index (χ3n) is 3.37. The van der Waals surface area contributed by atoms with Crippen LogP contribution in [-0.2, 0) is 6.18 Å². The lowest BCUT2D eigenvalue weighted by atomic mass is 10.1. The number of hydrogen-bond donors (Lipinski definition) is 1. The van der Waals surface area contributed by atoms with Crippen LogP contribution >= 0.6 is 12.4 Å². The number of benzene rings is 1. The summed E-state index contributed by atoms with van der Waals surface area (Å²) in [4.78, 5) is 13.5. The van der Waals surface area contributed by atoms with Gasteiger partial charge in [-0.2, -0.15) is 13.2 Å². The van der Waals surface area contributed by atoms with E-state index in [9.17, 15) is 22.4 Å². The maximum atomic E-state index is 13.3. The lowest BCUT2D eigenvalue weighted by Crippen LogP contribution is -2.38. The highest BCUT2D eigenvalue weighted by Gasteiger charge is 2.33. The maximum absolute atomic E-state index is 13.3. The van der Waals surface area contributed by atoms with Crippen molar-refractivity contribution < 1.29 is 22.4 Å². The number of hydrogen-bond acceptors (Lipinski definition) is 2. The zero-order valence-electron chi connectivity index (χ0n) is 11.2. The summed E-state index contributed by atoms with van der Waals surface area (Å²) in [7, 11) is 1.51. The molecule has 1 heterocycles. The van der Waals surface area contributed by atoms with Crippen LogP contribution in [0.2, 0.25) is 0 Å². The van der Waals surface area contributed by atoms with E-state index in [0.29, 0.717) is 18.7 Å². The SMILES string of the molecule is CN(C(=O)c1cc(F)cc(C(F)(F)F)c1)C1CCNC1.Cl. The molecular formula is C13H15ClF4N2O. The molecule has 2 rings (SSSR count). The molecule has 0 radical (unpaired) electrons. The molecule has 1 N–H and O–H groups in total. The van der Waals surface area contributed by atoms with E-state index in [1.54, 1.807) is 0 Å². The van der Waals surface area contributed by atoms with Crippen molar-refractivity contribution >= 4 is 18.3 Å². The molecule has 1 atom stereocenters. The van der Waals surface area contributed by atoms with Gasteiger partial charge in [-0.05, 0) is 31.2 Å². The smallest absolute Gasteiger partial charge is 0.337 e. The topological polar surface area (TPSA) is 32.3 Å². The molecule has 118 valence electrons. The van der Waals surface area contributed by atoms with E-state index < -0.39 is 23.5 Å². The molecular weight excluding hydrogens is 312 g/mol. The first kappa shape index (κ1) is 17.7. The number of amides is 1. The molecule has 0 spiro atoms. The standard InChI is InChI=1S/C13H14F4N2O.ClH/c1-19(11-2-3-18-7-11)12(20)8-4-9(13(15,16)17)6-10(14)5-8;/h4-6,11,18H,2-3,7H2,1H3;1H. The number of alkyl halides is 3. The lowest BCUT2D eigenvalue weighted by Gasteiger charge is -2.24. The van der Waals surface area contributed by atoms with Crippen LogP contribution in [0, 0.1) is 5.82 Å². The molecule has 1 aromatic rings. The summed E-state index contributed by atoms with van der Waals surface area (Å²) in [5.74, 6) is -1.68. The van der Waals surface area contributed by atoms with Gasteiger partial charge in [-0.3, -0.25) is 4.79 Å². The van der Waals surface area contributed by atoms with Gasteiger partial charge in [0.15, 0.2) is 0 Å². The third kappa shape index (κ3) is 4.07. The Morgan fingerprint density at radius 3 is 2.52 bits per heavy atom. The lowest BCUT2D eigenvalue weighted by molar-refractivity contribution is -0.137. The van der Waals surface area contributed by atoms with Crippen LogP contribution in [0.15, 0.2) is 18.2 Å². The van der Waals surface area contributed by atoms with Crippen molar-refractivity contribution in [3.63, 3.8) is 0 Å². The summed E-state index contributed by atoms with van der Waals surface area (Å²) in [6.45, 7) is 1.34. The van der Waals surface area contributed by atoms with Gasteiger partial charge < -0.3 is 10.2 Å². The van der Waals surface area contributed by atoms with Crippen molar-refractivity contribution in [2.45, 2.75) is 18.6 Å². The molecule has 0 bridgehead atoms. The Labute approximate surface area is 125 Å². The van der Waals surface area contributed by atoms with E-state index in [1.165, 1.54) is 11.9 Å². The van der Waals surface area contributed by atoms with Gasteiger partial charge in [0.05, 0.1) is 5.56 Å². The number of carbonyl (C=O) groups is 1. The summed E-state index contributed by atoms with van der Waals surface area (Å²) < 4.78 is 51.1. The molecule has 1 amide bonds. The summed E-state index contributed by atoms with van der Waals surface area (Å²) >= 11 is 0. The first-order valence-corrected chi connectivity index (χ1v) is 6.14. The monoisotopic (exact) mass is 326 g/mol. The zero-order chi connectivity index (χ0) is 14.9. The zero-order valence-corrected chi connectivity index (χ0v) is 12.0. The van der Waals surface area contributed by atoms with Gasteiger partial charge in [0.2, 0.25) is 0 Å². The molecule has 1 aliphatic rings. The van der Waals surface area contributed by atoms with E-state index in [2.05, 4.69) is 5.32 Å². The summed E-state index contributed by atoms with van der Waals surface area (Å²) in [6, 6.07) is 1.81. The van der Waals surface area contributed by atoms with Crippen LogP contribution in [0.25, 0.3) is 0 Å². The fourth-order valence-corrected chi connectivity index (χ4v) is 2.22. The minimum atomic E-state index is -4.68. The van der Waals surface area contributed by atoms with Crippen LogP contribution in [0.1, 0.15) is 22.3 Å². The Balaban J connectivity index is 0.00000220. The van der Waals surface area contributed by atoms with Crippen LogP contribution in [0.5, 0.6) is 0 Å². The molecule has 0 aliphatic carbocycles. The Morgan fingerprint density at radius 2 is 2.00 bits per heavy atom. The molecule has 3 nitrogen and oxygen atoms in total. The summed E-state index contributed by atoms with van der Waals surface area (Å²) in [5, 5.41) is 3.06. The molecule has 8 heteroatoms. The molecule has 21 heavy (non-hydrogen) atoms. The number of halogens is 5. The first-order valence-electron chi connectivity index (χ1n) is 6.14. The Kier molecular flexibility index (Phi) is 5.58. The molecule has 1 aromatic carbocycles. The minimum absolute atomic E-state index is 0. The van der Waals surface area contributed by atoms with E-state index in [1.807, 2.05) is 0 Å². The second-order valence-electron chi connectivity index (χ2n) is 4.79. The van der Waals surface area contributed by atoms with Gasteiger partial charge in [-0.25, -0.2) is 4.39 Å². The van der Waals surface area contributed by atoms with Crippen molar-refractivity contribution in [3.8, 4) is 0 Å². The van der Waals surface area contributed by atoms with Crippen molar-refractivity contribution in [3.05, 3.63) is 35.1 Å². The average molecular weight is 327 g/mol. The average Bonchev–Trinajstić information content (AvgIpc) is 2.89. The maximum Gasteiger partial charge on any atom is 0.416 e. The van der Waals surface area contributed by atoms with Crippen LogP contribution < -0.4 is 5.32 Å². The molecule has 1 saturated heterocycles. The van der Waals surface area contributed by atoms with Crippen LogP contribution in [-0.4, -0.2) is 37.0 Å². The molecule has 0 aromatic heterocycles. The van der Waals surface area contributed by atoms with E-state index in [0.717, 1.165) is 19.0 Å². The van der Waals surface area contributed by atoms with Crippen molar-refractivity contribution in [2.75, 3.05) is 20.1 Å². The summed E-state index contributed by atoms with van der Waals surface area (Å²) in [6.07, 6.45) is -3.95. The first-order chi connectivity index (χ1) is 9.29. The van der Waals surface area contributed by atoms with E-state index in [-0.39, 0.29) is 24.0 Å². The van der Waals surface area contributed by atoms with Gasteiger partial charge >= 0.3 is 6.18 Å². The number of carbonyl (C=O) groups excluding carboxylic acids is 1. The van der Waals surface area contributed by atoms with Crippen molar-refractivity contribution in [2.24, 2.45) is 0 Å². The van der Waals surface area contributed by atoms with Gasteiger partial charge in [0.1, 0.15) is 5.82 Å². The van der Waals surface area contributed by atoms with Crippen LogP contribution in [0.3, 0.4) is 0 Å². The van der Waals surface area contributed by atoms with Gasteiger partial charge in [-0.15, -0.1) is 12.4 Å². The van der Waals surface area contributed by atoms with Crippen LogP contribution in [0.4, 0.5) is 17.6 Å². The number of rotatable bonds is 2.